The minimum atomic E-state index is -1.12. The number of nitrogens with one attached hydrogen (secondary N) is 1. The lowest BCUT2D eigenvalue weighted by atomic mass is 9.92. The van der Waals surface area contributed by atoms with Crippen molar-refractivity contribution in [3.8, 4) is 5.75 Å². The standard InChI is InChI=1S/C20H24N2O3/c1-20(21,15-7-3-2-4-8-15)19(23)22-16-9-5-10-17(13-16)25-14-18-11-6-12-24-18/h2-5,7-10,13,18H,6,11-12,14,21H2,1H3,(H,22,23). The van der Waals surface area contributed by atoms with Crippen LogP contribution in [0.2, 0.25) is 0 Å². The second-order valence-corrected chi connectivity index (χ2v) is 6.50. The Kier molecular flexibility index (Phi) is 5.36. The predicted octanol–water partition coefficient (Wildman–Crippen LogP) is 3.06. The van der Waals surface area contributed by atoms with Crippen LogP contribution in [0.4, 0.5) is 5.69 Å². The van der Waals surface area contributed by atoms with Crippen molar-refractivity contribution in [1.82, 2.24) is 0 Å². The molecule has 132 valence electrons. The van der Waals surface area contributed by atoms with Crippen LogP contribution < -0.4 is 15.8 Å². The van der Waals surface area contributed by atoms with E-state index in [1.165, 1.54) is 0 Å². The Morgan fingerprint density at radius 3 is 2.80 bits per heavy atom. The molecule has 0 bridgehead atoms. The molecule has 25 heavy (non-hydrogen) atoms. The van der Waals surface area contributed by atoms with Crippen molar-refractivity contribution < 1.29 is 14.3 Å². The number of ether oxygens (including phenoxy) is 2. The molecule has 0 spiro atoms. The van der Waals surface area contributed by atoms with Gasteiger partial charge in [0.15, 0.2) is 0 Å². The van der Waals surface area contributed by atoms with Crippen LogP contribution in [0.25, 0.3) is 0 Å². The summed E-state index contributed by atoms with van der Waals surface area (Å²) in [6.45, 7) is 3.03. The summed E-state index contributed by atoms with van der Waals surface area (Å²) < 4.78 is 11.3. The lowest BCUT2D eigenvalue weighted by Crippen LogP contribution is -2.45. The lowest BCUT2D eigenvalue weighted by molar-refractivity contribution is -0.120. The zero-order valence-electron chi connectivity index (χ0n) is 14.4. The molecular weight excluding hydrogens is 316 g/mol. The number of benzene rings is 2. The van der Waals surface area contributed by atoms with Gasteiger partial charge in [0.05, 0.1) is 6.10 Å². The quantitative estimate of drug-likeness (QED) is 0.848. The Hall–Kier alpha value is -2.37. The second kappa shape index (κ2) is 7.68. The molecule has 5 nitrogen and oxygen atoms in total. The first-order valence-electron chi connectivity index (χ1n) is 8.56. The maximum Gasteiger partial charge on any atom is 0.248 e. The topological polar surface area (TPSA) is 73.6 Å². The van der Waals surface area contributed by atoms with Gasteiger partial charge in [0.2, 0.25) is 5.91 Å². The summed E-state index contributed by atoms with van der Waals surface area (Å²) in [4.78, 5) is 12.6. The third kappa shape index (κ3) is 4.38. The van der Waals surface area contributed by atoms with E-state index >= 15 is 0 Å². The SMILES string of the molecule is CC(N)(C(=O)Nc1cccc(OCC2CCCO2)c1)c1ccccc1. The Labute approximate surface area is 148 Å². The molecule has 1 amide bonds. The van der Waals surface area contributed by atoms with Crippen LogP contribution >= 0.6 is 0 Å². The number of nitrogens with two attached hydrogens (primary N) is 1. The smallest absolute Gasteiger partial charge is 0.248 e. The fraction of sp³-hybridized carbons (Fsp3) is 0.350. The Morgan fingerprint density at radius 1 is 1.28 bits per heavy atom. The molecule has 3 N–H and O–H groups in total. The molecule has 1 fully saturated rings. The second-order valence-electron chi connectivity index (χ2n) is 6.50. The van der Waals surface area contributed by atoms with Crippen molar-refractivity contribution in [2.75, 3.05) is 18.5 Å². The van der Waals surface area contributed by atoms with E-state index in [9.17, 15) is 4.79 Å². The third-order valence-corrected chi connectivity index (χ3v) is 4.40. The maximum absolute atomic E-state index is 12.6. The summed E-state index contributed by atoms with van der Waals surface area (Å²) in [5.74, 6) is 0.432. The summed E-state index contributed by atoms with van der Waals surface area (Å²) in [6.07, 6.45) is 2.27. The molecule has 0 saturated carbocycles. The van der Waals surface area contributed by atoms with E-state index in [1.807, 2.05) is 48.5 Å². The van der Waals surface area contributed by atoms with E-state index in [0.717, 1.165) is 25.0 Å². The summed E-state index contributed by atoms with van der Waals surface area (Å²) in [6, 6.07) is 16.7. The third-order valence-electron chi connectivity index (χ3n) is 4.40. The summed E-state index contributed by atoms with van der Waals surface area (Å²) in [5, 5.41) is 2.87. The number of carbonyl (C=O) groups is 1. The van der Waals surface area contributed by atoms with Crippen molar-refractivity contribution in [3.05, 3.63) is 60.2 Å². The Morgan fingerprint density at radius 2 is 2.08 bits per heavy atom. The zero-order chi connectivity index (χ0) is 17.7. The van der Waals surface area contributed by atoms with Crippen LogP contribution in [0.3, 0.4) is 0 Å². The normalized spacial score (nSPS) is 19.2. The molecule has 3 rings (SSSR count). The first kappa shape index (κ1) is 17.5. The number of hydrogen-bond donors (Lipinski definition) is 2. The molecular formula is C20H24N2O3. The van der Waals surface area contributed by atoms with Gasteiger partial charge < -0.3 is 20.5 Å². The number of amides is 1. The number of carbonyl (C=O) groups excluding carboxylic acids is 1. The van der Waals surface area contributed by atoms with Gasteiger partial charge in [-0.25, -0.2) is 0 Å². The fourth-order valence-corrected chi connectivity index (χ4v) is 2.80. The van der Waals surface area contributed by atoms with Crippen LogP contribution in [-0.2, 0) is 15.1 Å². The van der Waals surface area contributed by atoms with Crippen molar-refractivity contribution in [3.63, 3.8) is 0 Å². The molecule has 2 aromatic carbocycles. The minimum Gasteiger partial charge on any atom is -0.491 e. The van der Waals surface area contributed by atoms with Crippen LogP contribution in [-0.4, -0.2) is 25.2 Å². The molecule has 2 unspecified atom stereocenters. The van der Waals surface area contributed by atoms with Gasteiger partial charge in [0, 0.05) is 18.4 Å². The Balaban J connectivity index is 1.64. The minimum absolute atomic E-state index is 0.156. The fourth-order valence-electron chi connectivity index (χ4n) is 2.80. The van der Waals surface area contributed by atoms with Crippen molar-refractivity contribution in [1.29, 1.82) is 0 Å². The first-order valence-corrected chi connectivity index (χ1v) is 8.56. The molecule has 1 saturated heterocycles. The van der Waals surface area contributed by atoms with Gasteiger partial charge in [0.25, 0.3) is 0 Å². The number of rotatable bonds is 6. The highest BCUT2D eigenvalue weighted by Gasteiger charge is 2.30. The molecule has 1 heterocycles. The molecule has 5 heteroatoms. The molecule has 0 aliphatic carbocycles. The van der Waals surface area contributed by atoms with Crippen LogP contribution in [0.15, 0.2) is 54.6 Å². The number of anilines is 1. The van der Waals surface area contributed by atoms with Crippen LogP contribution in [0, 0.1) is 0 Å². The molecule has 0 radical (unpaired) electrons. The Bertz CT molecular complexity index is 710. The highest BCUT2D eigenvalue weighted by atomic mass is 16.5. The molecule has 2 aromatic rings. The van der Waals surface area contributed by atoms with E-state index < -0.39 is 5.54 Å². The van der Waals surface area contributed by atoms with Crippen molar-refractivity contribution in [2.45, 2.75) is 31.4 Å². The van der Waals surface area contributed by atoms with Gasteiger partial charge in [-0.3, -0.25) is 4.79 Å². The van der Waals surface area contributed by atoms with Gasteiger partial charge in [-0.1, -0.05) is 36.4 Å². The van der Waals surface area contributed by atoms with Crippen molar-refractivity contribution >= 4 is 11.6 Å². The maximum atomic E-state index is 12.6. The average Bonchev–Trinajstić information content (AvgIpc) is 3.14. The van der Waals surface area contributed by atoms with Gasteiger partial charge >= 0.3 is 0 Å². The van der Waals surface area contributed by atoms with E-state index in [2.05, 4.69) is 5.32 Å². The molecule has 0 aromatic heterocycles. The summed E-state index contributed by atoms with van der Waals surface area (Å²) >= 11 is 0. The predicted molar refractivity (Wildman–Crippen MR) is 97.5 cm³/mol. The summed E-state index contributed by atoms with van der Waals surface area (Å²) in [5.41, 5.74) is 6.55. The lowest BCUT2D eigenvalue weighted by Gasteiger charge is -2.24. The zero-order valence-corrected chi connectivity index (χ0v) is 14.4. The van der Waals surface area contributed by atoms with E-state index in [1.54, 1.807) is 13.0 Å². The highest BCUT2D eigenvalue weighted by molar-refractivity contribution is 5.98. The molecule has 1 aliphatic heterocycles. The van der Waals surface area contributed by atoms with Crippen LogP contribution in [0.5, 0.6) is 5.75 Å². The number of hydrogen-bond acceptors (Lipinski definition) is 4. The largest absolute Gasteiger partial charge is 0.491 e. The average molecular weight is 340 g/mol. The van der Waals surface area contributed by atoms with E-state index in [0.29, 0.717) is 18.0 Å². The van der Waals surface area contributed by atoms with E-state index in [4.69, 9.17) is 15.2 Å². The van der Waals surface area contributed by atoms with E-state index in [-0.39, 0.29) is 12.0 Å². The molecule has 2 atom stereocenters. The summed E-state index contributed by atoms with van der Waals surface area (Å²) in [7, 11) is 0. The van der Waals surface area contributed by atoms with Gasteiger partial charge in [-0.15, -0.1) is 0 Å². The van der Waals surface area contributed by atoms with Gasteiger partial charge in [0.1, 0.15) is 17.9 Å². The monoisotopic (exact) mass is 340 g/mol. The van der Waals surface area contributed by atoms with Gasteiger partial charge in [-0.05, 0) is 37.5 Å². The molecule has 1 aliphatic rings. The van der Waals surface area contributed by atoms with Gasteiger partial charge in [-0.2, -0.15) is 0 Å². The first-order chi connectivity index (χ1) is 12.1. The van der Waals surface area contributed by atoms with Crippen molar-refractivity contribution in [2.24, 2.45) is 5.73 Å². The van der Waals surface area contributed by atoms with Crippen LogP contribution in [0.1, 0.15) is 25.3 Å². The highest BCUT2D eigenvalue weighted by Crippen LogP contribution is 2.23.